The number of esters is 1. The predicted octanol–water partition coefficient (Wildman–Crippen LogP) is 3.50. The van der Waals surface area contributed by atoms with Gasteiger partial charge in [-0.2, -0.15) is 11.8 Å². The largest absolute Gasteiger partial charge is 0.465 e. The van der Waals surface area contributed by atoms with Gasteiger partial charge in [0.15, 0.2) is 0 Å². The molecule has 1 N–H and O–H groups in total. The molecule has 3 nitrogen and oxygen atoms in total. The van der Waals surface area contributed by atoms with E-state index in [1.54, 1.807) is 11.8 Å². The second kappa shape index (κ2) is 9.27. The van der Waals surface area contributed by atoms with Gasteiger partial charge in [0.25, 0.3) is 0 Å². The highest BCUT2D eigenvalue weighted by atomic mass is 35.5. The molecule has 1 unspecified atom stereocenters. The number of hydrogen-bond acceptors (Lipinski definition) is 4. The highest BCUT2D eigenvalue weighted by Crippen LogP contribution is 2.16. The highest BCUT2D eigenvalue weighted by Gasteiger charge is 2.20. The molecule has 0 aliphatic rings. The van der Waals surface area contributed by atoms with Crippen molar-refractivity contribution < 1.29 is 9.53 Å². The number of nitrogens with one attached hydrogen (secondary N) is 1. The maximum Gasteiger partial charge on any atom is 0.323 e. The highest BCUT2D eigenvalue weighted by molar-refractivity contribution is 7.98. The van der Waals surface area contributed by atoms with Crippen molar-refractivity contribution in [2.24, 2.45) is 0 Å². The van der Waals surface area contributed by atoms with Gasteiger partial charge in [-0.05, 0) is 24.6 Å². The lowest BCUT2D eigenvalue weighted by Gasteiger charge is -2.19. The fourth-order valence-electron chi connectivity index (χ4n) is 1.70. The molecule has 5 heteroatoms. The Morgan fingerprint density at radius 1 is 1.35 bits per heavy atom. The van der Waals surface area contributed by atoms with E-state index in [1.807, 2.05) is 45.0 Å². The van der Waals surface area contributed by atoms with E-state index in [9.17, 15) is 4.79 Å². The lowest BCUT2D eigenvalue weighted by molar-refractivity contribution is -0.145. The van der Waals surface area contributed by atoms with Crippen LogP contribution in [0.5, 0.6) is 0 Å². The van der Waals surface area contributed by atoms with Gasteiger partial charge in [0.1, 0.15) is 6.04 Å². The molecule has 0 heterocycles. The molecule has 1 atom stereocenters. The average Bonchev–Trinajstić information content (AvgIpc) is 2.39. The number of halogens is 1. The van der Waals surface area contributed by atoms with E-state index in [-0.39, 0.29) is 18.1 Å². The Labute approximate surface area is 130 Å². The number of carbonyl (C=O) groups excluding carboxylic acids is 1. The fourth-order valence-corrected chi connectivity index (χ4v) is 2.84. The van der Waals surface area contributed by atoms with Gasteiger partial charge >= 0.3 is 5.97 Å². The van der Waals surface area contributed by atoms with Gasteiger partial charge in [-0.25, -0.2) is 0 Å². The number of ether oxygens (including phenoxy) is 1. The molecule has 0 aliphatic heterocycles. The predicted molar refractivity (Wildman–Crippen MR) is 86.3 cm³/mol. The SMILES string of the molecule is CCOC(=O)C(CSCc1ccc(Cl)cc1)NC(C)C. The first kappa shape index (κ1) is 17.3. The lowest BCUT2D eigenvalue weighted by atomic mass is 10.2. The minimum atomic E-state index is -0.257. The van der Waals surface area contributed by atoms with Crippen molar-refractivity contribution in [2.45, 2.75) is 38.6 Å². The lowest BCUT2D eigenvalue weighted by Crippen LogP contribution is -2.43. The monoisotopic (exact) mass is 315 g/mol. The summed E-state index contributed by atoms with van der Waals surface area (Å²) < 4.78 is 5.09. The molecule has 0 bridgehead atoms. The first-order valence-corrected chi connectivity index (χ1v) is 8.31. The molecule has 0 aromatic heterocycles. The van der Waals surface area contributed by atoms with Crippen LogP contribution in [0.4, 0.5) is 0 Å². The zero-order valence-corrected chi connectivity index (χ0v) is 13.8. The summed E-state index contributed by atoms with van der Waals surface area (Å²) >= 11 is 7.56. The smallest absolute Gasteiger partial charge is 0.323 e. The van der Waals surface area contributed by atoms with Gasteiger partial charge < -0.3 is 10.1 Å². The summed E-state index contributed by atoms with van der Waals surface area (Å²) in [6, 6.07) is 7.77. The van der Waals surface area contributed by atoms with E-state index in [1.165, 1.54) is 5.56 Å². The third-order valence-corrected chi connectivity index (χ3v) is 3.93. The zero-order valence-electron chi connectivity index (χ0n) is 12.2. The van der Waals surface area contributed by atoms with Gasteiger partial charge in [-0.1, -0.05) is 37.6 Å². The Balaban J connectivity index is 2.45. The summed E-state index contributed by atoms with van der Waals surface area (Å²) in [5.74, 6) is 1.37. The summed E-state index contributed by atoms with van der Waals surface area (Å²) in [6.45, 7) is 6.29. The molecule has 1 rings (SSSR count). The van der Waals surface area contributed by atoms with E-state index in [2.05, 4.69) is 5.32 Å². The Hall–Kier alpha value is -0.710. The number of rotatable bonds is 8. The molecule has 0 radical (unpaired) electrons. The average molecular weight is 316 g/mol. The van der Waals surface area contributed by atoms with Crippen molar-refractivity contribution in [3.05, 3.63) is 34.9 Å². The van der Waals surface area contributed by atoms with Crippen molar-refractivity contribution in [1.29, 1.82) is 0 Å². The van der Waals surface area contributed by atoms with Crippen LogP contribution in [0.15, 0.2) is 24.3 Å². The second-order valence-electron chi connectivity index (χ2n) is 4.77. The van der Waals surface area contributed by atoms with Crippen LogP contribution in [-0.2, 0) is 15.3 Å². The van der Waals surface area contributed by atoms with Crippen LogP contribution in [-0.4, -0.2) is 30.4 Å². The molecule has 0 amide bonds. The third kappa shape index (κ3) is 6.64. The van der Waals surface area contributed by atoms with Crippen molar-refractivity contribution in [2.75, 3.05) is 12.4 Å². The van der Waals surface area contributed by atoms with E-state index >= 15 is 0 Å². The maximum absolute atomic E-state index is 11.9. The van der Waals surface area contributed by atoms with Crippen LogP contribution >= 0.6 is 23.4 Å². The molecule has 0 saturated carbocycles. The molecule has 1 aromatic rings. The molecule has 1 aromatic carbocycles. The van der Waals surface area contributed by atoms with Gasteiger partial charge in [-0.15, -0.1) is 0 Å². The van der Waals surface area contributed by atoms with Gasteiger partial charge in [0.05, 0.1) is 6.61 Å². The molecule has 0 spiro atoms. The number of carbonyl (C=O) groups is 1. The zero-order chi connectivity index (χ0) is 15.0. The quantitative estimate of drug-likeness (QED) is 0.745. The Morgan fingerprint density at radius 3 is 2.55 bits per heavy atom. The van der Waals surface area contributed by atoms with Crippen molar-refractivity contribution in [3.8, 4) is 0 Å². The summed E-state index contributed by atoms with van der Waals surface area (Å²) in [5.41, 5.74) is 1.20. The Bertz CT molecular complexity index is 409. The maximum atomic E-state index is 11.9. The molecule has 0 saturated heterocycles. The minimum Gasteiger partial charge on any atom is -0.465 e. The van der Waals surface area contributed by atoms with Crippen molar-refractivity contribution in [3.63, 3.8) is 0 Å². The van der Waals surface area contributed by atoms with Crippen molar-refractivity contribution in [1.82, 2.24) is 5.32 Å². The van der Waals surface area contributed by atoms with E-state index < -0.39 is 0 Å². The number of hydrogen-bond donors (Lipinski definition) is 1. The van der Waals surface area contributed by atoms with Crippen LogP contribution in [0, 0.1) is 0 Å². The Kier molecular flexibility index (Phi) is 8.04. The summed E-state index contributed by atoms with van der Waals surface area (Å²) in [7, 11) is 0. The minimum absolute atomic E-state index is 0.176. The third-order valence-electron chi connectivity index (χ3n) is 2.57. The van der Waals surface area contributed by atoms with Gasteiger partial charge in [0, 0.05) is 22.6 Å². The van der Waals surface area contributed by atoms with Crippen LogP contribution in [0.2, 0.25) is 5.02 Å². The second-order valence-corrected chi connectivity index (χ2v) is 6.23. The molecular formula is C15H22ClNO2S. The molecule has 0 aliphatic carbocycles. The van der Waals surface area contributed by atoms with Crippen LogP contribution in [0.1, 0.15) is 26.3 Å². The number of benzene rings is 1. The first-order valence-electron chi connectivity index (χ1n) is 6.77. The Morgan fingerprint density at radius 2 is 2.00 bits per heavy atom. The fraction of sp³-hybridized carbons (Fsp3) is 0.533. The summed E-state index contributed by atoms with van der Waals surface area (Å²) in [4.78, 5) is 11.9. The van der Waals surface area contributed by atoms with E-state index in [0.717, 1.165) is 10.8 Å². The summed E-state index contributed by atoms with van der Waals surface area (Å²) in [6.07, 6.45) is 0. The van der Waals surface area contributed by atoms with Crippen molar-refractivity contribution >= 4 is 29.3 Å². The first-order chi connectivity index (χ1) is 9.52. The van der Waals surface area contributed by atoms with Crippen LogP contribution in [0.3, 0.4) is 0 Å². The van der Waals surface area contributed by atoms with E-state index in [0.29, 0.717) is 12.4 Å². The molecule has 20 heavy (non-hydrogen) atoms. The van der Waals surface area contributed by atoms with E-state index in [4.69, 9.17) is 16.3 Å². The standard InChI is InChI=1S/C15H22ClNO2S/c1-4-19-15(18)14(17-11(2)3)10-20-9-12-5-7-13(16)8-6-12/h5-8,11,14,17H,4,9-10H2,1-3H3. The normalized spacial score (nSPS) is 12.4. The number of thioether (sulfide) groups is 1. The van der Waals surface area contributed by atoms with Crippen LogP contribution < -0.4 is 5.32 Å². The van der Waals surface area contributed by atoms with Crippen LogP contribution in [0.25, 0.3) is 0 Å². The molecule has 0 fully saturated rings. The molecular weight excluding hydrogens is 294 g/mol. The topological polar surface area (TPSA) is 38.3 Å². The van der Waals surface area contributed by atoms with Gasteiger partial charge in [-0.3, -0.25) is 4.79 Å². The van der Waals surface area contributed by atoms with Gasteiger partial charge in [0.2, 0.25) is 0 Å². The summed E-state index contributed by atoms with van der Waals surface area (Å²) in [5, 5.41) is 3.98. The molecule has 112 valence electrons.